The number of hydrogen-bond acceptors (Lipinski definition) is 4. The van der Waals surface area contributed by atoms with Crippen LogP contribution in [0.3, 0.4) is 0 Å². The Bertz CT molecular complexity index is 486. The smallest absolute Gasteiger partial charge is 0.290 e. The summed E-state index contributed by atoms with van der Waals surface area (Å²) in [4.78, 5) is 16.9. The highest BCUT2D eigenvalue weighted by molar-refractivity contribution is 5.48. The minimum absolute atomic E-state index is 0.0962. The molecule has 0 radical (unpaired) electrons. The summed E-state index contributed by atoms with van der Waals surface area (Å²) in [6.45, 7) is 8.31. The lowest BCUT2D eigenvalue weighted by atomic mass is 9.85. The topological polar surface area (TPSA) is 59.3 Å². The standard InChI is InChI=1S/C14H21N3O2/c1-11-9-13(15-10-12(11)17(18)19)16-7-4-5-14(2,3)6-8-16/h9-10H,4-8H2,1-3H3. The molecule has 2 heterocycles. The minimum Gasteiger partial charge on any atom is -0.357 e. The van der Waals surface area contributed by atoms with Crippen LogP contribution in [0.1, 0.15) is 38.7 Å². The van der Waals surface area contributed by atoms with E-state index < -0.39 is 0 Å². The second-order valence-corrected chi connectivity index (χ2v) is 6.09. The van der Waals surface area contributed by atoms with Gasteiger partial charge in [0.2, 0.25) is 0 Å². The quantitative estimate of drug-likeness (QED) is 0.606. The Kier molecular flexibility index (Phi) is 3.73. The van der Waals surface area contributed by atoms with E-state index in [1.54, 1.807) is 6.92 Å². The largest absolute Gasteiger partial charge is 0.357 e. The third-order valence-corrected chi connectivity index (χ3v) is 3.93. The molecule has 0 spiro atoms. The Hall–Kier alpha value is -1.65. The molecule has 1 aromatic rings. The Labute approximate surface area is 113 Å². The first-order valence-corrected chi connectivity index (χ1v) is 6.75. The number of hydrogen-bond donors (Lipinski definition) is 0. The van der Waals surface area contributed by atoms with Crippen LogP contribution in [0.15, 0.2) is 12.3 Å². The van der Waals surface area contributed by atoms with Gasteiger partial charge in [-0.05, 0) is 37.7 Å². The Morgan fingerprint density at radius 1 is 1.37 bits per heavy atom. The monoisotopic (exact) mass is 263 g/mol. The summed E-state index contributed by atoms with van der Waals surface area (Å²) in [5.41, 5.74) is 1.15. The van der Waals surface area contributed by atoms with Gasteiger partial charge >= 0.3 is 0 Å². The van der Waals surface area contributed by atoms with Crippen molar-refractivity contribution in [1.29, 1.82) is 0 Å². The van der Waals surface area contributed by atoms with Crippen LogP contribution in [0.5, 0.6) is 0 Å². The first-order chi connectivity index (χ1) is 8.89. The predicted octanol–water partition coefficient (Wildman–Crippen LogP) is 3.31. The molecule has 0 bridgehead atoms. The highest BCUT2D eigenvalue weighted by Gasteiger charge is 2.24. The zero-order valence-corrected chi connectivity index (χ0v) is 11.8. The molecule has 1 aliphatic heterocycles. The van der Waals surface area contributed by atoms with Crippen molar-refractivity contribution in [1.82, 2.24) is 4.98 Å². The molecule has 1 saturated heterocycles. The summed E-state index contributed by atoms with van der Waals surface area (Å²) in [5.74, 6) is 0.862. The van der Waals surface area contributed by atoms with E-state index in [0.29, 0.717) is 11.0 Å². The fourth-order valence-electron chi connectivity index (χ4n) is 2.55. The second-order valence-electron chi connectivity index (χ2n) is 6.09. The zero-order valence-electron chi connectivity index (χ0n) is 11.8. The summed E-state index contributed by atoms with van der Waals surface area (Å²) in [7, 11) is 0. The van der Waals surface area contributed by atoms with E-state index in [1.807, 2.05) is 6.07 Å². The maximum absolute atomic E-state index is 10.8. The Balaban J connectivity index is 2.18. The van der Waals surface area contributed by atoms with E-state index in [2.05, 4.69) is 23.7 Å². The van der Waals surface area contributed by atoms with Gasteiger partial charge in [-0.25, -0.2) is 4.98 Å². The van der Waals surface area contributed by atoms with E-state index in [1.165, 1.54) is 12.6 Å². The first-order valence-electron chi connectivity index (χ1n) is 6.75. The second kappa shape index (κ2) is 5.15. The van der Waals surface area contributed by atoms with E-state index in [9.17, 15) is 10.1 Å². The van der Waals surface area contributed by atoms with Crippen LogP contribution in [0.25, 0.3) is 0 Å². The normalized spacial score (nSPS) is 19.0. The molecule has 5 nitrogen and oxygen atoms in total. The molecule has 1 aliphatic rings. The van der Waals surface area contributed by atoms with E-state index >= 15 is 0 Å². The highest BCUT2D eigenvalue weighted by atomic mass is 16.6. The lowest BCUT2D eigenvalue weighted by molar-refractivity contribution is -0.385. The van der Waals surface area contributed by atoms with Crippen molar-refractivity contribution < 1.29 is 4.92 Å². The SMILES string of the molecule is Cc1cc(N2CCCC(C)(C)CC2)ncc1[N+](=O)[O-]. The van der Waals surface area contributed by atoms with Crippen LogP contribution in [-0.4, -0.2) is 23.0 Å². The van der Waals surface area contributed by atoms with Crippen molar-refractivity contribution in [2.24, 2.45) is 5.41 Å². The molecule has 0 amide bonds. The summed E-state index contributed by atoms with van der Waals surface area (Å²) >= 11 is 0. The van der Waals surface area contributed by atoms with Gasteiger partial charge in [0.05, 0.1) is 4.92 Å². The summed E-state index contributed by atoms with van der Waals surface area (Å²) in [6, 6.07) is 1.83. The molecule has 0 unspecified atom stereocenters. The van der Waals surface area contributed by atoms with Crippen LogP contribution in [0.4, 0.5) is 11.5 Å². The highest BCUT2D eigenvalue weighted by Crippen LogP contribution is 2.31. The van der Waals surface area contributed by atoms with Gasteiger partial charge in [0, 0.05) is 18.7 Å². The van der Waals surface area contributed by atoms with Crippen LogP contribution >= 0.6 is 0 Å². The molecule has 19 heavy (non-hydrogen) atoms. The van der Waals surface area contributed by atoms with E-state index in [4.69, 9.17) is 0 Å². The summed E-state index contributed by atoms with van der Waals surface area (Å²) in [6.07, 6.45) is 4.87. The van der Waals surface area contributed by atoms with E-state index in [0.717, 1.165) is 31.7 Å². The Morgan fingerprint density at radius 3 is 2.74 bits per heavy atom. The van der Waals surface area contributed by atoms with Gasteiger partial charge in [-0.2, -0.15) is 0 Å². The molecule has 1 aromatic heterocycles. The van der Waals surface area contributed by atoms with Crippen molar-refractivity contribution in [3.8, 4) is 0 Å². The van der Waals surface area contributed by atoms with Gasteiger partial charge in [-0.3, -0.25) is 10.1 Å². The first kappa shape index (κ1) is 13.8. The molecule has 0 aromatic carbocycles. The fourth-order valence-corrected chi connectivity index (χ4v) is 2.55. The number of rotatable bonds is 2. The van der Waals surface area contributed by atoms with Gasteiger partial charge in [-0.1, -0.05) is 13.8 Å². The van der Waals surface area contributed by atoms with Crippen LogP contribution in [0.2, 0.25) is 0 Å². The van der Waals surface area contributed by atoms with Crippen molar-refractivity contribution in [3.05, 3.63) is 27.9 Å². The molecule has 0 saturated carbocycles. The fraction of sp³-hybridized carbons (Fsp3) is 0.643. The number of aromatic nitrogens is 1. The number of anilines is 1. The molecular formula is C14H21N3O2. The number of nitrogens with zero attached hydrogens (tertiary/aromatic N) is 3. The van der Waals surface area contributed by atoms with E-state index in [-0.39, 0.29) is 10.6 Å². The lowest BCUT2D eigenvalue weighted by Gasteiger charge is -2.24. The van der Waals surface area contributed by atoms with Gasteiger partial charge in [0.15, 0.2) is 0 Å². The third kappa shape index (κ3) is 3.22. The molecule has 104 valence electrons. The maximum atomic E-state index is 10.8. The van der Waals surface area contributed by atoms with Crippen molar-refractivity contribution >= 4 is 11.5 Å². The third-order valence-electron chi connectivity index (χ3n) is 3.93. The molecule has 0 N–H and O–H groups in total. The molecule has 0 aliphatic carbocycles. The van der Waals surface area contributed by atoms with Crippen LogP contribution in [-0.2, 0) is 0 Å². The van der Waals surface area contributed by atoms with Gasteiger partial charge in [0.25, 0.3) is 5.69 Å². The number of pyridine rings is 1. The minimum atomic E-state index is -0.377. The number of aryl methyl sites for hydroxylation is 1. The molecule has 5 heteroatoms. The zero-order chi connectivity index (χ0) is 14.0. The van der Waals surface area contributed by atoms with Gasteiger partial charge in [0.1, 0.15) is 12.0 Å². The molecule has 1 fully saturated rings. The van der Waals surface area contributed by atoms with Crippen LogP contribution in [0, 0.1) is 22.5 Å². The lowest BCUT2D eigenvalue weighted by Crippen LogP contribution is -2.26. The Morgan fingerprint density at radius 2 is 2.11 bits per heavy atom. The summed E-state index contributed by atoms with van der Waals surface area (Å²) < 4.78 is 0. The molecule has 0 atom stereocenters. The number of nitro groups is 1. The predicted molar refractivity (Wildman–Crippen MR) is 75.5 cm³/mol. The van der Waals surface area contributed by atoms with Crippen molar-refractivity contribution in [2.75, 3.05) is 18.0 Å². The summed E-state index contributed by atoms with van der Waals surface area (Å²) in [5, 5.41) is 10.8. The molecular weight excluding hydrogens is 242 g/mol. The molecule has 2 rings (SSSR count). The van der Waals surface area contributed by atoms with Gasteiger partial charge < -0.3 is 4.90 Å². The maximum Gasteiger partial charge on any atom is 0.290 e. The average Bonchev–Trinajstić information content (AvgIpc) is 2.49. The van der Waals surface area contributed by atoms with Crippen LogP contribution < -0.4 is 4.90 Å². The van der Waals surface area contributed by atoms with Crippen molar-refractivity contribution in [2.45, 2.75) is 40.0 Å². The van der Waals surface area contributed by atoms with Crippen molar-refractivity contribution in [3.63, 3.8) is 0 Å². The average molecular weight is 263 g/mol. The van der Waals surface area contributed by atoms with Gasteiger partial charge in [-0.15, -0.1) is 0 Å².